The number of para-hydroxylation sites is 1. The van der Waals surface area contributed by atoms with E-state index in [9.17, 15) is 4.79 Å². The van der Waals surface area contributed by atoms with E-state index in [4.69, 9.17) is 9.47 Å². The second kappa shape index (κ2) is 5.43. The van der Waals surface area contributed by atoms with Crippen LogP contribution >= 0.6 is 11.3 Å². The lowest BCUT2D eigenvalue weighted by atomic mass is 10.0. The molecule has 1 aliphatic heterocycles. The fourth-order valence-corrected chi connectivity index (χ4v) is 3.08. The Balaban J connectivity index is 1.65. The minimum absolute atomic E-state index is 0.0104. The van der Waals surface area contributed by atoms with Crippen LogP contribution in [0.1, 0.15) is 27.7 Å². The zero-order valence-corrected chi connectivity index (χ0v) is 14.0. The van der Waals surface area contributed by atoms with Gasteiger partial charge < -0.3 is 9.47 Å². The van der Waals surface area contributed by atoms with Gasteiger partial charge >= 0.3 is 6.09 Å². The van der Waals surface area contributed by atoms with Crippen LogP contribution in [0.2, 0.25) is 0 Å². The van der Waals surface area contributed by atoms with E-state index in [1.54, 1.807) is 16.2 Å². The van der Waals surface area contributed by atoms with Crippen molar-refractivity contribution < 1.29 is 14.3 Å². The van der Waals surface area contributed by atoms with E-state index in [1.807, 2.05) is 51.4 Å². The van der Waals surface area contributed by atoms with Gasteiger partial charge in [-0.25, -0.2) is 9.78 Å². The maximum Gasteiger partial charge on any atom is 0.410 e. The highest BCUT2D eigenvalue weighted by Gasteiger charge is 2.42. The fourth-order valence-electron chi connectivity index (χ4n) is 2.39. The summed E-state index contributed by atoms with van der Waals surface area (Å²) in [5.74, 6) is 0.777. The monoisotopic (exact) mass is 320 g/mol. The lowest BCUT2D eigenvalue weighted by Gasteiger charge is -2.45. The molecule has 0 unspecified atom stereocenters. The molecule has 1 fully saturated rings. The fraction of sp³-hybridized carbons (Fsp3) is 0.500. The van der Waals surface area contributed by atoms with Crippen molar-refractivity contribution in [2.45, 2.75) is 45.4 Å². The minimum atomic E-state index is -0.477. The average Bonchev–Trinajstić information content (AvgIpc) is 2.89. The SMILES string of the molecule is C[C@H]1[C@@H](Oc2cccc3scnc23)CN1C(=O)OC(C)(C)C. The van der Waals surface area contributed by atoms with Crippen LogP contribution in [0.25, 0.3) is 10.2 Å². The molecule has 5 nitrogen and oxygen atoms in total. The third kappa shape index (κ3) is 2.88. The van der Waals surface area contributed by atoms with Gasteiger partial charge in [-0.15, -0.1) is 11.3 Å². The van der Waals surface area contributed by atoms with Gasteiger partial charge in [-0.3, -0.25) is 4.90 Å². The van der Waals surface area contributed by atoms with Gasteiger partial charge in [0.05, 0.1) is 22.8 Å². The van der Waals surface area contributed by atoms with Crippen molar-refractivity contribution in [3.8, 4) is 5.75 Å². The summed E-state index contributed by atoms with van der Waals surface area (Å²) in [5, 5.41) is 0. The molecule has 1 aliphatic rings. The number of aromatic nitrogens is 1. The molecule has 22 heavy (non-hydrogen) atoms. The number of fused-ring (bicyclic) bond motifs is 1. The first-order chi connectivity index (χ1) is 10.3. The van der Waals surface area contributed by atoms with Gasteiger partial charge in [-0.2, -0.15) is 0 Å². The van der Waals surface area contributed by atoms with Gasteiger partial charge in [0.1, 0.15) is 23.0 Å². The molecule has 6 heteroatoms. The summed E-state index contributed by atoms with van der Waals surface area (Å²) in [7, 11) is 0. The number of hydrogen-bond acceptors (Lipinski definition) is 5. The Morgan fingerprint density at radius 1 is 1.41 bits per heavy atom. The molecule has 1 saturated heterocycles. The Labute approximate surface area is 133 Å². The molecular formula is C16H20N2O3S. The van der Waals surface area contributed by atoms with Gasteiger partial charge in [0.15, 0.2) is 0 Å². The lowest BCUT2D eigenvalue weighted by Crippen LogP contribution is -2.63. The predicted octanol–water partition coefficient (Wildman–Crippen LogP) is 3.68. The molecule has 0 spiro atoms. The van der Waals surface area contributed by atoms with Crippen molar-refractivity contribution in [3.63, 3.8) is 0 Å². The van der Waals surface area contributed by atoms with Crippen molar-refractivity contribution >= 4 is 27.6 Å². The van der Waals surface area contributed by atoms with E-state index in [1.165, 1.54) is 0 Å². The summed E-state index contributed by atoms with van der Waals surface area (Å²) in [6.07, 6.45) is -0.313. The Hall–Kier alpha value is -1.82. The molecule has 0 radical (unpaired) electrons. The third-order valence-electron chi connectivity index (χ3n) is 3.64. The normalized spacial score (nSPS) is 21.5. The summed E-state index contributed by atoms with van der Waals surface area (Å²) in [6, 6.07) is 5.90. The molecule has 2 aromatic rings. The van der Waals surface area contributed by atoms with E-state index >= 15 is 0 Å². The number of carbonyl (C=O) groups excluding carboxylic acids is 1. The highest BCUT2D eigenvalue weighted by Crippen LogP contribution is 2.31. The first-order valence-electron chi connectivity index (χ1n) is 7.33. The van der Waals surface area contributed by atoms with Crippen LogP contribution in [-0.2, 0) is 4.74 Å². The number of ether oxygens (including phenoxy) is 2. The molecule has 2 heterocycles. The van der Waals surface area contributed by atoms with Crippen LogP contribution in [0.4, 0.5) is 4.79 Å². The summed E-state index contributed by atoms with van der Waals surface area (Å²) in [5.41, 5.74) is 2.22. The van der Waals surface area contributed by atoms with E-state index in [-0.39, 0.29) is 18.2 Å². The lowest BCUT2D eigenvalue weighted by molar-refractivity contribution is -0.0532. The first-order valence-corrected chi connectivity index (χ1v) is 8.21. The molecule has 118 valence electrons. The van der Waals surface area contributed by atoms with Crippen molar-refractivity contribution in [2.24, 2.45) is 0 Å². The molecule has 1 aromatic heterocycles. The van der Waals surface area contributed by atoms with Crippen molar-refractivity contribution in [3.05, 3.63) is 23.7 Å². The molecule has 0 saturated carbocycles. The number of thiazole rings is 1. The van der Waals surface area contributed by atoms with Gasteiger partial charge in [0.2, 0.25) is 0 Å². The number of likely N-dealkylation sites (tertiary alicyclic amines) is 1. The largest absolute Gasteiger partial charge is 0.484 e. The summed E-state index contributed by atoms with van der Waals surface area (Å²) >= 11 is 1.59. The molecule has 0 aliphatic carbocycles. The predicted molar refractivity (Wildman–Crippen MR) is 86.4 cm³/mol. The van der Waals surface area contributed by atoms with Gasteiger partial charge in [0.25, 0.3) is 0 Å². The van der Waals surface area contributed by atoms with Crippen LogP contribution < -0.4 is 4.74 Å². The number of amides is 1. The van der Waals surface area contributed by atoms with Crippen LogP contribution in [0, 0.1) is 0 Å². The summed E-state index contributed by atoms with van der Waals surface area (Å²) in [4.78, 5) is 18.1. The number of hydrogen-bond donors (Lipinski definition) is 0. The van der Waals surface area contributed by atoms with Crippen LogP contribution in [0.5, 0.6) is 5.75 Å². The van der Waals surface area contributed by atoms with Gasteiger partial charge in [-0.1, -0.05) is 6.07 Å². The van der Waals surface area contributed by atoms with Crippen LogP contribution in [-0.4, -0.2) is 40.3 Å². The van der Waals surface area contributed by atoms with Crippen molar-refractivity contribution in [1.29, 1.82) is 0 Å². The maximum absolute atomic E-state index is 12.1. The zero-order chi connectivity index (χ0) is 15.9. The quantitative estimate of drug-likeness (QED) is 0.847. The van der Waals surface area contributed by atoms with E-state index in [0.717, 1.165) is 16.0 Å². The Bertz CT molecular complexity index is 692. The highest BCUT2D eigenvalue weighted by molar-refractivity contribution is 7.16. The number of nitrogens with zero attached hydrogens (tertiary/aromatic N) is 2. The molecular weight excluding hydrogens is 300 g/mol. The number of benzene rings is 1. The molecule has 1 aromatic carbocycles. The maximum atomic E-state index is 12.1. The summed E-state index contributed by atoms with van der Waals surface area (Å²) < 4.78 is 12.5. The standard InChI is InChI=1S/C16H20N2O3S/c1-10-12(8-18(10)15(19)21-16(2,3)4)20-11-6-5-7-13-14(11)17-9-22-13/h5-7,9-10,12H,8H2,1-4H3/t10-,12-/m0/s1. The van der Waals surface area contributed by atoms with Crippen molar-refractivity contribution in [1.82, 2.24) is 9.88 Å². The number of rotatable bonds is 2. The van der Waals surface area contributed by atoms with E-state index < -0.39 is 5.60 Å². The molecule has 3 rings (SSSR count). The van der Waals surface area contributed by atoms with E-state index in [0.29, 0.717) is 6.54 Å². The number of carbonyl (C=O) groups is 1. The topological polar surface area (TPSA) is 51.7 Å². The second-order valence-electron chi connectivity index (χ2n) is 6.48. The molecule has 1 amide bonds. The Kier molecular flexibility index (Phi) is 3.72. The minimum Gasteiger partial charge on any atom is -0.484 e. The highest BCUT2D eigenvalue weighted by atomic mass is 32.1. The van der Waals surface area contributed by atoms with Gasteiger partial charge in [0, 0.05) is 0 Å². The second-order valence-corrected chi connectivity index (χ2v) is 7.37. The molecule has 0 bridgehead atoms. The van der Waals surface area contributed by atoms with Crippen LogP contribution in [0.3, 0.4) is 0 Å². The zero-order valence-electron chi connectivity index (χ0n) is 13.2. The summed E-state index contributed by atoms with van der Waals surface area (Å²) in [6.45, 7) is 8.11. The smallest absolute Gasteiger partial charge is 0.410 e. The van der Waals surface area contributed by atoms with E-state index in [2.05, 4.69) is 4.98 Å². The Morgan fingerprint density at radius 2 is 2.18 bits per heavy atom. The first kappa shape index (κ1) is 15.1. The third-order valence-corrected chi connectivity index (χ3v) is 4.43. The molecule has 0 N–H and O–H groups in total. The average molecular weight is 320 g/mol. The van der Waals surface area contributed by atoms with Crippen molar-refractivity contribution in [2.75, 3.05) is 6.54 Å². The van der Waals surface area contributed by atoms with Crippen LogP contribution in [0.15, 0.2) is 23.7 Å². The molecule has 2 atom stereocenters. The van der Waals surface area contributed by atoms with Gasteiger partial charge in [-0.05, 0) is 39.8 Å². The Morgan fingerprint density at radius 3 is 2.86 bits per heavy atom.